The van der Waals surface area contributed by atoms with Crippen LogP contribution >= 0.6 is 15.9 Å². The Hall–Kier alpha value is -2.02. The summed E-state index contributed by atoms with van der Waals surface area (Å²) in [4.78, 5) is 42.9. The number of imide groups is 2. The maximum atomic E-state index is 12.3. The second-order valence-electron chi connectivity index (χ2n) is 4.68. The number of hydrogen-bond donors (Lipinski definition) is 0. The minimum absolute atomic E-state index is 0.225. The Balaban J connectivity index is 2.29. The molecule has 0 unspecified atom stereocenters. The standard InChI is InChI=1S/C15H16BrN3O3/c1-3-18-13(20)12(14(21)19(4-2)15(18)22)9-17-11-7-5-6-10(16)8-11/h5-9,12H,3-4H2,1-2H3. The lowest BCUT2D eigenvalue weighted by Gasteiger charge is -2.34. The average molecular weight is 366 g/mol. The first kappa shape index (κ1) is 16.4. The molecule has 22 heavy (non-hydrogen) atoms. The van der Waals surface area contributed by atoms with Crippen molar-refractivity contribution in [2.24, 2.45) is 10.9 Å². The van der Waals surface area contributed by atoms with E-state index >= 15 is 0 Å². The van der Waals surface area contributed by atoms with Gasteiger partial charge in [0.1, 0.15) is 0 Å². The van der Waals surface area contributed by atoms with Crippen LogP contribution in [0.1, 0.15) is 13.8 Å². The van der Waals surface area contributed by atoms with Crippen molar-refractivity contribution in [3.63, 3.8) is 0 Å². The van der Waals surface area contributed by atoms with Gasteiger partial charge in [0.05, 0.1) is 5.69 Å². The van der Waals surface area contributed by atoms with E-state index in [1.807, 2.05) is 12.1 Å². The SMILES string of the molecule is CCN1C(=O)C(C=Nc2cccc(Br)c2)C(=O)N(CC)C1=O. The topological polar surface area (TPSA) is 70.1 Å². The highest BCUT2D eigenvalue weighted by atomic mass is 79.9. The fourth-order valence-corrected chi connectivity index (χ4v) is 2.59. The molecule has 1 aromatic rings. The third kappa shape index (κ3) is 3.09. The molecule has 0 bridgehead atoms. The summed E-state index contributed by atoms with van der Waals surface area (Å²) in [6.07, 6.45) is 1.31. The fourth-order valence-electron chi connectivity index (χ4n) is 2.20. The third-order valence-electron chi connectivity index (χ3n) is 3.34. The van der Waals surface area contributed by atoms with Crippen LogP contribution in [-0.2, 0) is 9.59 Å². The molecule has 1 fully saturated rings. The smallest absolute Gasteiger partial charge is 0.273 e. The number of urea groups is 1. The lowest BCUT2D eigenvalue weighted by molar-refractivity contribution is -0.145. The van der Waals surface area contributed by atoms with Crippen LogP contribution in [0.25, 0.3) is 0 Å². The number of carbonyl (C=O) groups is 3. The summed E-state index contributed by atoms with van der Waals surface area (Å²) < 4.78 is 0.851. The number of aliphatic imine (C=N–C) groups is 1. The first-order valence-electron chi connectivity index (χ1n) is 6.96. The Morgan fingerprint density at radius 2 is 1.73 bits per heavy atom. The molecular formula is C15H16BrN3O3. The molecule has 0 aromatic heterocycles. The zero-order valence-corrected chi connectivity index (χ0v) is 13.9. The Kier molecular flexibility index (Phi) is 5.07. The van der Waals surface area contributed by atoms with Crippen LogP contribution in [0.3, 0.4) is 0 Å². The Morgan fingerprint density at radius 1 is 1.14 bits per heavy atom. The van der Waals surface area contributed by atoms with E-state index in [2.05, 4.69) is 20.9 Å². The van der Waals surface area contributed by atoms with Crippen molar-refractivity contribution in [2.45, 2.75) is 13.8 Å². The second kappa shape index (κ2) is 6.83. The first-order chi connectivity index (χ1) is 10.5. The van der Waals surface area contributed by atoms with Crippen LogP contribution in [0, 0.1) is 5.92 Å². The van der Waals surface area contributed by atoms with E-state index in [-0.39, 0.29) is 13.1 Å². The molecule has 0 radical (unpaired) electrons. The predicted octanol–water partition coefficient (Wildman–Crippen LogP) is 2.60. The van der Waals surface area contributed by atoms with Crippen molar-refractivity contribution in [1.82, 2.24) is 9.80 Å². The first-order valence-corrected chi connectivity index (χ1v) is 7.75. The van der Waals surface area contributed by atoms with Crippen LogP contribution in [0.4, 0.5) is 10.5 Å². The van der Waals surface area contributed by atoms with E-state index in [1.54, 1.807) is 26.0 Å². The Morgan fingerprint density at radius 3 is 2.23 bits per heavy atom. The van der Waals surface area contributed by atoms with Gasteiger partial charge < -0.3 is 0 Å². The van der Waals surface area contributed by atoms with Gasteiger partial charge in [0.15, 0.2) is 5.92 Å². The maximum Gasteiger partial charge on any atom is 0.333 e. The van der Waals surface area contributed by atoms with E-state index in [0.717, 1.165) is 14.3 Å². The van der Waals surface area contributed by atoms with Crippen LogP contribution in [0.2, 0.25) is 0 Å². The molecule has 0 aliphatic carbocycles. The van der Waals surface area contributed by atoms with Crippen molar-refractivity contribution in [2.75, 3.05) is 13.1 Å². The number of rotatable bonds is 4. The maximum absolute atomic E-state index is 12.3. The van der Waals surface area contributed by atoms with E-state index in [9.17, 15) is 14.4 Å². The normalized spacial score (nSPS) is 17.0. The van der Waals surface area contributed by atoms with E-state index in [4.69, 9.17) is 0 Å². The highest BCUT2D eigenvalue weighted by molar-refractivity contribution is 9.10. The molecule has 1 heterocycles. The largest absolute Gasteiger partial charge is 0.333 e. The summed E-state index contributed by atoms with van der Waals surface area (Å²) in [6, 6.07) is 6.63. The molecule has 1 aliphatic heterocycles. The van der Waals surface area contributed by atoms with Crippen LogP contribution < -0.4 is 0 Å². The molecule has 4 amide bonds. The number of benzene rings is 1. The minimum atomic E-state index is -1.06. The van der Waals surface area contributed by atoms with Gasteiger partial charge >= 0.3 is 6.03 Å². The number of nitrogens with zero attached hydrogens (tertiary/aromatic N) is 3. The molecule has 1 saturated heterocycles. The summed E-state index contributed by atoms with van der Waals surface area (Å²) in [5.41, 5.74) is 0.623. The molecule has 0 atom stereocenters. The number of carbonyl (C=O) groups excluding carboxylic acids is 3. The van der Waals surface area contributed by atoms with Gasteiger partial charge in [0, 0.05) is 23.8 Å². The van der Waals surface area contributed by atoms with Crippen molar-refractivity contribution >= 4 is 45.7 Å². The van der Waals surface area contributed by atoms with Crippen molar-refractivity contribution in [3.8, 4) is 0 Å². The molecule has 2 rings (SSSR count). The zero-order valence-electron chi connectivity index (χ0n) is 12.3. The Bertz CT molecular complexity index is 619. The molecule has 1 aromatic carbocycles. The van der Waals surface area contributed by atoms with Crippen molar-refractivity contribution in [3.05, 3.63) is 28.7 Å². The van der Waals surface area contributed by atoms with E-state index < -0.39 is 23.8 Å². The molecule has 0 spiro atoms. The molecule has 7 heteroatoms. The number of halogens is 1. The van der Waals surface area contributed by atoms with Gasteiger partial charge in [-0.3, -0.25) is 24.4 Å². The van der Waals surface area contributed by atoms with Crippen LogP contribution in [-0.4, -0.2) is 46.9 Å². The van der Waals surface area contributed by atoms with Gasteiger partial charge in [0.2, 0.25) is 11.8 Å². The molecule has 116 valence electrons. The van der Waals surface area contributed by atoms with Gasteiger partial charge in [-0.25, -0.2) is 4.79 Å². The molecule has 6 nitrogen and oxygen atoms in total. The van der Waals surface area contributed by atoms with Gasteiger partial charge in [0.25, 0.3) is 0 Å². The highest BCUT2D eigenvalue weighted by Crippen LogP contribution is 2.20. The number of amides is 4. The number of barbiturate groups is 1. The van der Waals surface area contributed by atoms with E-state index in [1.165, 1.54) is 6.21 Å². The minimum Gasteiger partial charge on any atom is -0.273 e. The van der Waals surface area contributed by atoms with Crippen LogP contribution in [0.15, 0.2) is 33.7 Å². The van der Waals surface area contributed by atoms with Gasteiger partial charge in [-0.2, -0.15) is 0 Å². The van der Waals surface area contributed by atoms with Crippen molar-refractivity contribution < 1.29 is 14.4 Å². The predicted molar refractivity (Wildman–Crippen MR) is 86.0 cm³/mol. The molecule has 0 N–H and O–H groups in total. The van der Waals surface area contributed by atoms with Crippen molar-refractivity contribution in [1.29, 1.82) is 0 Å². The molecular weight excluding hydrogens is 350 g/mol. The fraction of sp³-hybridized carbons (Fsp3) is 0.333. The summed E-state index contributed by atoms with van der Waals surface area (Å²) in [6.45, 7) is 3.84. The monoisotopic (exact) mass is 365 g/mol. The summed E-state index contributed by atoms with van der Waals surface area (Å²) in [5, 5.41) is 0. The average Bonchev–Trinajstić information content (AvgIpc) is 2.48. The molecule has 1 aliphatic rings. The third-order valence-corrected chi connectivity index (χ3v) is 3.83. The lowest BCUT2D eigenvalue weighted by Crippen LogP contribution is -2.59. The highest BCUT2D eigenvalue weighted by Gasteiger charge is 2.43. The summed E-state index contributed by atoms with van der Waals surface area (Å²) in [7, 11) is 0. The molecule has 0 saturated carbocycles. The van der Waals surface area contributed by atoms with Crippen LogP contribution in [0.5, 0.6) is 0 Å². The van der Waals surface area contributed by atoms with E-state index in [0.29, 0.717) is 5.69 Å². The van der Waals surface area contributed by atoms with Gasteiger partial charge in [-0.1, -0.05) is 22.0 Å². The second-order valence-corrected chi connectivity index (χ2v) is 5.60. The van der Waals surface area contributed by atoms with Gasteiger partial charge in [-0.05, 0) is 32.0 Å². The Labute approximate surface area is 136 Å². The van der Waals surface area contributed by atoms with Gasteiger partial charge in [-0.15, -0.1) is 0 Å². The number of hydrogen-bond acceptors (Lipinski definition) is 4. The zero-order chi connectivity index (χ0) is 16.3. The summed E-state index contributed by atoms with van der Waals surface area (Å²) >= 11 is 3.33. The quantitative estimate of drug-likeness (QED) is 0.608. The lowest BCUT2D eigenvalue weighted by atomic mass is 10.1. The summed E-state index contributed by atoms with van der Waals surface area (Å²) in [5.74, 6) is -2.11.